The Balaban J connectivity index is 1.81. The minimum atomic E-state index is -1.47. The third kappa shape index (κ3) is 3.57. The molecule has 0 radical (unpaired) electrons. The predicted octanol–water partition coefficient (Wildman–Crippen LogP) is 6.55. The fourth-order valence-corrected chi connectivity index (χ4v) is 4.72. The Morgan fingerprint density at radius 1 is 1.07 bits per heavy atom. The summed E-state index contributed by atoms with van der Waals surface area (Å²) in [7, 11) is 0. The largest absolute Gasteiger partial charge is 0.457 e. The van der Waals surface area contributed by atoms with Gasteiger partial charge < -0.3 is 9.47 Å². The highest BCUT2D eigenvalue weighted by atomic mass is 35.5. The lowest BCUT2D eigenvalue weighted by Gasteiger charge is -2.17. The van der Waals surface area contributed by atoms with Gasteiger partial charge >= 0.3 is 5.97 Å². The first-order valence-electron chi connectivity index (χ1n) is 9.54. The molecule has 156 valence electrons. The zero-order valence-corrected chi connectivity index (χ0v) is 18.8. The molecule has 0 N–H and O–H groups in total. The zero-order valence-electron chi connectivity index (χ0n) is 17.3. The van der Waals surface area contributed by atoms with E-state index in [-0.39, 0.29) is 0 Å². The van der Waals surface area contributed by atoms with E-state index in [0.717, 1.165) is 5.57 Å². The summed E-state index contributed by atoms with van der Waals surface area (Å²) < 4.78 is 11.3. The quantitative estimate of drug-likeness (QED) is 0.288. The number of carbonyl (C=O) groups is 1. The standard InChI is InChI=1S/C24H23Cl2NO3/c1-16(2)14-23(25)22(3,4)24(23,26)21(28)30-20(15-27)17-9-8-12-19(13-17)29-18-10-6-5-7-11-18/h5-14,20H,1-4H3. The molecule has 1 saturated carbocycles. The van der Waals surface area contributed by atoms with Crippen molar-refractivity contribution < 1.29 is 14.3 Å². The monoisotopic (exact) mass is 443 g/mol. The number of hydrogen-bond donors (Lipinski definition) is 0. The van der Waals surface area contributed by atoms with Crippen molar-refractivity contribution in [1.82, 2.24) is 0 Å². The van der Waals surface area contributed by atoms with E-state index in [1.165, 1.54) is 0 Å². The van der Waals surface area contributed by atoms with Crippen molar-refractivity contribution in [2.24, 2.45) is 5.41 Å². The Bertz CT molecular complexity index is 1020. The number of carbonyl (C=O) groups excluding carboxylic acids is 1. The second-order valence-electron chi connectivity index (χ2n) is 8.12. The Morgan fingerprint density at radius 3 is 2.30 bits per heavy atom. The molecule has 0 aliphatic heterocycles. The van der Waals surface area contributed by atoms with Crippen LogP contribution in [0.3, 0.4) is 0 Å². The Morgan fingerprint density at radius 2 is 1.70 bits per heavy atom. The molecule has 6 heteroatoms. The van der Waals surface area contributed by atoms with Crippen molar-refractivity contribution >= 4 is 29.2 Å². The number of nitrogens with zero attached hydrogens (tertiary/aromatic N) is 1. The average molecular weight is 444 g/mol. The van der Waals surface area contributed by atoms with Gasteiger partial charge in [0.05, 0.1) is 0 Å². The predicted molar refractivity (Wildman–Crippen MR) is 118 cm³/mol. The summed E-state index contributed by atoms with van der Waals surface area (Å²) in [6.07, 6.45) is 0.634. The summed E-state index contributed by atoms with van der Waals surface area (Å²) in [5.74, 6) is 0.467. The second-order valence-corrected chi connectivity index (χ2v) is 9.28. The van der Waals surface area contributed by atoms with Crippen molar-refractivity contribution in [3.05, 3.63) is 71.8 Å². The number of alkyl halides is 2. The molecule has 3 rings (SSSR count). The van der Waals surface area contributed by atoms with E-state index in [2.05, 4.69) is 0 Å². The molecule has 0 amide bonds. The topological polar surface area (TPSA) is 59.3 Å². The van der Waals surface area contributed by atoms with Crippen LogP contribution in [0.2, 0.25) is 0 Å². The molecule has 1 aliphatic rings. The van der Waals surface area contributed by atoms with Gasteiger partial charge in [-0.3, -0.25) is 0 Å². The van der Waals surface area contributed by atoms with E-state index in [4.69, 9.17) is 32.7 Å². The second kappa shape index (κ2) is 7.98. The molecule has 0 bridgehead atoms. The van der Waals surface area contributed by atoms with Gasteiger partial charge in [-0.15, -0.1) is 23.2 Å². The van der Waals surface area contributed by atoms with Crippen LogP contribution in [0.25, 0.3) is 0 Å². The molecule has 3 unspecified atom stereocenters. The van der Waals surface area contributed by atoms with Crippen LogP contribution < -0.4 is 4.74 Å². The van der Waals surface area contributed by atoms with E-state index in [9.17, 15) is 10.1 Å². The van der Waals surface area contributed by atoms with Gasteiger partial charge in [-0.2, -0.15) is 5.26 Å². The number of allylic oxidation sites excluding steroid dienone is 2. The van der Waals surface area contributed by atoms with Crippen LogP contribution in [-0.2, 0) is 9.53 Å². The molecule has 2 aromatic carbocycles. The van der Waals surface area contributed by atoms with Gasteiger partial charge in [0, 0.05) is 11.0 Å². The van der Waals surface area contributed by atoms with Crippen molar-refractivity contribution in [2.45, 2.75) is 43.5 Å². The van der Waals surface area contributed by atoms with E-state index >= 15 is 0 Å². The van der Waals surface area contributed by atoms with E-state index < -0.39 is 27.2 Å². The minimum Gasteiger partial charge on any atom is -0.457 e. The van der Waals surface area contributed by atoms with Crippen molar-refractivity contribution in [1.29, 1.82) is 5.26 Å². The summed E-state index contributed by atoms with van der Waals surface area (Å²) in [4.78, 5) is 10.5. The number of hydrogen-bond acceptors (Lipinski definition) is 4. The highest BCUT2D eigenvalue weighted by Gasteiger charge is 2.86. The molecule has 0 heterocycles. The molecule has 30 heavy (non-hydrogen) atoms. The maximum atomic E-state index is 13.0. The first kappa shape index (κ1) is 22.2. The third-order valence-corrected chi connectivity index (χ3v) is 7.35. The van der Waals surface area contributed by atoms with Crippen LogP contribution in [0.1, 0.15) is 39.4 Å². The summed E-state index contributed by atoms with van der Waals surface area (Å²) >= 11 is 13.4. The summed E-state index contributed by atoms with van der Waals surface area (Å²) in [5, 5.41) is 9.64. The van der Waals surface area contributed by atoms with Gasteiger partial charge in [-0.1, -0.05) is 55.8 Å². The van der Waals surface area contributed by atoms with Crippen LogP contribution >= 0.6 is 23.2 Å². The lowest BCUT2D eigenvalue weighted by molar-refractivity contribution is -0.148. The first-order valence-corrected chi connectivity index (χ1v) is 10.3. The normalized spacial score (nSPS) is 24.8. The molecule has 0 saturated heterocycles. The molecule has 4 nitrogen and oxygen atoms in total. The number of nitriles is 1. The van der Waals surface area contributed by atoms with Crippen LogP contribution in [0, 0.1) is 16.7 Å². The van der Waals surface area contributed by atoms with Crippen molar-refractivity contribution in [3.63, 3.8) is 0 Å². The molecule has 2 aromatic rings. The molecular formula is C24H23Cl2NO3. The maximum absolute atomic E-state index is 13.0. The molecular weight excluding hydrogens is 421 g/mol. The van der Waals surface area contributed by atoms with Crippen molar-refractivity contribution in [3.8, 4) is 17.6 Å². The lowest BCUT2D eigenvalue weighted by Crippen LogP contribution is -2.29. The number of benzene rings is 2. The number of ether oxygens (including phenoxy) is 2. The van der Waals surface area contributed by atoms with Crippen LogP contribution in [0.5, 0.6) is 11.5 Å². The fraction of sp³-hybridized carbons (Fsp3) is 0.333. The fourth-order valence-electron chi connectivity index (χ4n) is 3.61. The van der Waals surface area contributed by atoms with Gasteiger partial charge in [0.2, 0.25) is 6.10 Å². The van der Waals surface area contributed by atoms with Gasteiger partial charge in [0.15, 0.2) is 4.87 Å². The zero-order chi connectivity index (χ0) is 22.2. The van der Waals surface area contributed by atoms with Crippen LogP contribution in [-0.4, -0.2) is 15.7 Å². The van der Waals surface area contributed by atoms with Crippen LogP contribution in [0.15, 0.2) is 66.2 Å². The Labute approximate surface area is 187 Å². The number of esters is 1. The summed E-state index contributed by atoms with van der Waals surface area (Å²) in [5.41, 5.74) is 0.687. The first-order chi connectivity index (χ1) is 14.1. The molecule has 3 atom stereocenters. The van der Waals surface area contributed by atoms with Crippen molar-refractivity contribution in [2.75, 3.05) is 0 Å². The SMILES string of the molecule is CC(C)=CC1(Cl)C(C)(C)C1(Cl)C(=O)OC(C#N)c1cccc(Oc2ccccc2)c1. The third-order valence-electron chi connectivity index (χ3n) is 5.46. The Kier molecular flexibility index (Phi) is 5.91. The summed E-state index contributed by atoms with van der Waals surface area (Å²) in [6, 6.07) is 18.1. The average Bonchev–Trinajstić information content (AvgIpc) is 3.05. The van der Waals surface area contributed by atoms with E-state index in [1.54, 1.807) is 30.3 Å². The molecule has 1 fully saturated rings. The van der Waals surface area contributed by atoms with E-state index in [0.29, 0.717) is 17.1 Å². The van der Waals surface area contributed by atoms with Gasteiger partial charge in [0.25, 0.3) is 0 Å². The summed E-state index contributed by atoms with van der Waals surface area (Å²) in [6.45, 7) is 7.39. The van der Waals surface area contributed by atoms with Gasteiger partial charge in [0.1, 0.15) is 22.4 Å². The number of rotatable bonds is 6. The van der Waals surface area contributed by atoms with E-state index in [1.807, 2.05) is 64.1 Å². The molecule has 0 aromatic heterocycles. The number of para-hydroxylation sites is 1. The maximum Gasteiger partial charge on any atom is 0.331 e. The molecule has 1 aliphatic carbocycles. The molecule has 0 spiro atoms. The highest BCUT2D eigenvalue weighted by molar-refractivity contribution is 6.49. The number of halogens is 2. The van der Waals surface area contributed by atoms with Crippen LogP contribution in [0.4, 0.5) is 0 Å². The highest BCUT2D eigenvalue weighted by Crippen LogP contribution is 2.74. The minimum absolute atomic E-state index is 0.486. The van der Waals surface area contributed by atoms with Gasteiger partial charge in [-0.05, 0) is 38.1 Å². The Hall–Kier alpha value is -2.48. The lowest BCUT2D eigenvalue weighted by atomic mass is 10.1. The van der Waals surface area contributed by atoms with Gasteiger partial charge in [-0.25, -0.2) is 4.79 Å². The smallest absolute Gasteiger partial charge is 0.331 e.